The first-order valence-corrected chi connectivity index (χ1v) is 7.04. The zero-order valence-corrected chi connectivity index (χ0v) is 12.4. The molecule has 5 nitrogen and oxygen atoms in total. The van der Waals surface area contributed by atoms with Crippen LogP contribution in [0.4, 0.5) is 13.2 Å². The molecule has 1 fully saturated rings. The van der Waals surface area contributed by atoms with Gasteiger partial charge in [0, 0.05) is 19.7 Å². The average molecular weight is 312 g/mol. The largest absolute Gasteiger partial charge is 0.415 e. The Bertz CT molecular complexity index is 340. The number of rotatable bonds is 6. The van der Waals surface area contributed by atoms with Crippen LogP contribution in [0.15, 0.2) is 0 Å². The number of carbonyl (C=O) groups is 1. The van der Waals surface area contributed by atoms with Crippen molar-refractivity contribution in [2.45, 2.75) is 44.5 Å². The van der Waals surface area contributed by atoms with Crippen LogP contribution in [-0.4, -0.2) is 61.5 Å². The number of amides is 1. The Morgan fingerprint density at radius 3 is 2.33 bits per heavy atom. The third-order valence-corrected chi connectivity index (χ3v) is 3.55. The summed E-state index contributed by atoms with van der Waals surface area (Å²) in [7, 11) is 0. The van der Waals surface area contributed by atoms with E-state index < -0.39 is 17.6 Å². The predicted molar refractivity (Wildman–Crippen MR) is 70.7 cm³/mol. The number of piperidine rings is 1. The lowest BCUT2D eigenvalue weighted by molar-refractivity contribution is -0.194. The standard InChI is InChI=1S/C13H23F3N2O3/c1-3-20-8-9-21-10-4-6-18(7-5-10)11(19)12(2,17)13(14,15)16/h10H,3-9,17H2,1-2H3. The highest BCUT2D eigenvalue weighted by Crippen LogP contribution is 2.30. The van der Waals surface area contributed by atoms with Gasteiger partial charge in [-0.1, -0.05) is 0 Å². The van der Waals surface area contributed by atoms with Crippen LogP contribution in [0.5, 0.6) is 0 Å². The highest BCUT2D eigenvalue weighted by Gasteiger charge is 2.55. The molecule has 1 atom stereocenters. The average Bonchev–Trinajstić information content (AvgIpc) is 2.42. The minimum absolute atomic E-state index is 0.0515. The van der Waals surface area contributed by atoms with Gasteiger partial charge in [-0.15, -0.1) is 0 Å². The Morgan fingerprint density at radius 2 is 1.86 bits per heavy atom. The second-order valence-corrected chi connectivity index (χ2v) is 5.26. The number of alkyl halides is 3. The molecule has 0 spiro atoms. The van der Waals surface area contributed by atoms with Crippen molar-refractivity contribution in [3.05, 3.63) is 0 Å². The molecule has 1 aliphatic rings. The Balaban J connectivity index is 2.41. The fourth-order valence-electron chi connectivity index (χ4n) is 2.09. The molecule has 124 valence electrons. The van der Waals surface area contributed by atoms with Gasteiger partial charge in [-0.25, -0.2) is 0 Å². The molecule has 1 unspecified atom stereocenters. The van der Waals surface area contributed by atoms with Gasteiger partial charge in [-0.3, -0.25) is 4.79 Å². The molecule has 1 heterocycles. The van der Waals surface area contributed by atoms with Crippen molar-refractivity contribution in [3.8, 4) is 0 Å². The Kier molecular flexibility index (Phi) is 6.42. The van der Waals surface area contributed by atoms with Gasteiger partial charge >= 0.3 is 6.18 Å². The van der Waals surface area contributed by atoms with E-state index in [9.17, 15) is 18.0 Å². The molecular formula is C13H23F3N2O3. The summed E-state index contributed by atoms with van der Waals surface area (Å²) in [4.78, 5) is 13.1. The summed E-state index contributed by atoms with van der Waals surface area (Å²) in [6, 6.07) is 0. The van der Waals surface area contributed by atoms with Crippen LogP contribution in [0.3, 0.4) is 0 Å². The topological polar surface area (TPSA) is 64.8 Å². The molecule has 2 N–H and O–H groups in total. The number of ether oxygens (including phenoxy) is 2. The number of carbonyl (C=O) groups excluding carboxylic acids is 1. The highest BCUT2D eigenvalue weighted by atomic mass is 19.4. The molecule has 0 aromatic carbocycles. The maximum Gasteiger partial charge on any atom is 0.415 e. The lowest BCUT2D eigenvalue weighted by atomic mass is 9.98. The maximum atomic E-state index is 12.7. The quantitative estimate of drug-likeness (QED) is 0.751. The normalized spacial score (nSPS) is 20.4. The lowest BCUT2D eigenvalue weighted by Crippen LogP contribution is -2.63. The fourth-order valence-corrected chi connectivity index (χ4v) is 2.09. The number of nitrogens with zero attached hydrogens (tertiary/aromatic N) is 1. The zero-order chi connectivity index (χ0) is 16.1. The molecule has 0 bridgehead atoms. The number of likely N-dealkylation sites (tertiary alicyclic amines) is 1. The second kappa shape index (κ2) is 7.42. The van der Waals surface area contributed by atoms with Crippen LogP contribution in [0.25, 0.3) is 0 Å². The molecule has 0 radical (unpaired) electrons. The van der Waals surface area contributed by atoms with Gasteiger partial charge in [-0.05, 0) is 26.7 Å². The molecule has 0 aliphatic carbocycles. The molecule has 1 rings (SSSR count). The van der Waals surface area contributed by atoms with E-state index >= 15 is 0 Å². The first-order valence-electron chi connectivity index (χ1n) is 7.04. The minimum atomic E-state index is -4.76. The van der Waals surface area contributed by atoms with Crippen LogP contribution in [0, 0.1) is 0 Å². The molecule has 0 aromatic rings. The van der Waals surface area contributed by atoms with Crippen LogP contribution in [-0.2, 0) is 14.3 Å². The van der Waals surface area contributed by atoms with Crippen molar-refractivity contribution in [2.75, 3.05) is 32.9 Å². The zero-order valence-electron chi connectivity index (χ0n) is 12.4. The monoisotopic (exact) mass is 312 g/mol. The lowest BCUT2D eigenvalue weighted by Gasteiger charge is -2.37. The Morgan fingerprint density at radius 1 is 1.29 bits per heavy atom. The molecule has 1 aliphatic heterocycles. The van der Waals surface area contributed by atoms with Crippen molar-refractivity contribution >= 4 is 5.91 Å². The number of halogens is 3. The fraction of sp³-hybridized carbons (Fsp3) is 0.923. The minimum Gasteiger partial charge on any atom is -0.379 e. The molecule has 21 heavy (non-hydrogen) atoms. The maximum absolute atomic E-state index is 12.7. The van der Waals surface area contributed by atoms with Crippen LogP contribution < -0.4 is 5.73 Å². The summed E-state index contributed by atoms with van der Waals surface area (Å²) in [6.45, 7) is 4.59. The van der Waals surface area contributed by atoms with Crippen LogP contribution in [0.1, 0.15) is 26.7 Å². The molecule has 0 saturated carbocycles. The summed E-state index contributed by atoms with van der Waals surface area (Å²) in [5.41, 5.74) is 2.31. The van der Waals surface area contributed by atoms with E-state index in [0.717, 1.165) is 4.90 Å². The number of hydrogen-bond acceptors (Lipinski definition) is 4. The van der Waals surface area contributed by atoms with Gasteiger partial charge in [0.15, 0.2) is 5.54 Å². The SMILES string of the molecule is CCOCCOC1CCN(C(=O)C(C)(N)C(F)(F)F)CC1. The van der Waals surface area contributed by atoms with Crippen molar-refractivity contribution in [2.24, 2.45) is 5.73 Å². The summed E-state index contributed by atoms with van der Waals surface area (Å²) >= 11 is 0. The summed E-state index contributed by atoms with van der Waals surface area (Å²) in [5, 5.41) is 0. The predicted octanol–water partition coefficient (Wildman–Crippen LogP) is 1.31. The van der Waals surface area contributed by atoms with Crippen LogP contribution >= 0.6 is 0 Å². The van der Waals surface area contributed by atoms with E-state index in [-0.39, 0.29) is 19.2 Å². The van der Waals surface area contributed by atoms with E-state index in [2.05, 4.69) is 0 Å². The van der Waals surface area contributed by atoms with Gasteiger partial charge in [0.05, 0.1) is 19.3 Å². The summed E-state index contributed by atoms with van der Waals surface area (Å²) in [5.74, 6) is -1.08. The van der Waals surface area contributed by atoms with Crippen LogP contribution in [0.2, 0.25) is 0 Å². The third kappa shape index (κ3) is 4.82. The van der Waals surface area contributed by atoms with E-state index in [1.807, 2.05) is 6.92 Å². The Hall–Kier alpha value is -0.860. The molecular weight excluding hydrogens is 289 g/mol. The summed E-state index contributed by atoms with van der Waals surface area (Å²) in [6.07, 6.45) is -3.79. The van der Waals surface area contributed by atoms with E-state index in [1.54, 1.807) is 0 Å². The molecule has 0 aromatic heterocycles. The van der Waals surface area contributed by atoms with Gasteiger partial charge in [0.2, 0.25) is 0 Å². The smallest absolute Gasteiger partial charge is 0.379 e. The third-order valence-electron chi connectivity index (χ3n) is 3.55. The summed E-state index contributed by atoms with van der Waals surface area (Å²) < 4.78 is 48.9. The van der Waals surface area contributed by atoms with E-state index in [1.165, 1.54) is 0 Å². The highest BCUT2D eigenvalue weighted by molar-refractivity contribution is 5.86. The van der Waals surface area contributed by atoms with Crippen molar-refractivity contribution in [1.29, 1.82) is 0 Å². The first kappa shape index (κ1) is 18.2. The van der Waals surface area contributed by atoms with Gasteiger partial charge < -0.3 is 20.1 Å². The molecule has 1 saturated heterocycles. The van der Waals surface area contributed by atoms with E-state index in [4.69, 9.17) is 15.2 Å². The van der Waals surface area contributed by atoms with E-state index in [0.29, 0.717) is 39.6 Å². The first-order chi connectivity index (χ1) is 9.70. The second-order valence-electron chi connectivity index (χ2n) is 5.26. The molecule has 8 heteroatoms. The van der Waals surface area contributed by atoms with Gasteiger partial charge in [0.1, 0.15) is 0 Å². The molecule has 1 amide bonds. The number of nitrogens with two attached hydrogens (primary N) is 1. The number of hydrogen-bond donors (Lipinski definition) is 1. The van der Waals surface area contributed by atoms with Crippen molar-refractivity contribution in [1.82, 2.24) is 4.90 Å². The van der Waals surface area contributed by atoms with Crippen molar-refractivity contribution < 1.29 is 27.4 Å². The Labute approximate surface area is 122 Å². The van der Waals surface area contributed by atoms with Gasteiger partial charge in [0.25, 0.3) is 5.91 Å². The van der Waals surface area contributed by atoms with Gasteiger partial charge in [-0.2, -0.15) is 13.2 Å². The van der Waals surface area contributed by atoms with Crippen molar-refractivity contribution in [3.63, 3.8) is 0 Å².